The highest BCUT2D eigenvalue weighted by atomic mass is 32.1. The molecule has 2 heterocycles. The number of fused-ring (bicyclic) bond motifs is 3. The van der Waals surface area contributed by atoms with Crippen LogP contribution in [0.5, 0.6) is 0 Å². The average molecular weight is 362 g/mol. The third kappa shape index (κ3) is 4.27. The second kappa shape index (κ2) is 8.10. The van der Waals surface area contributed by atoms with Gasteiger partial charge in [0.2, 0.25) is 5.91 Å². The van der Waals surface area contributed by atoms with Gasteiger partial charge in [0.1, 0.15) is 10.7 Å². The van der Waals surface area contributed by atoms with Crippen LogP contribution in [0.2, 0.25) is 0 Å². The number of hydrogen-bond acceptors (Lipinski definition) is 5. The minimum Gasteiger partial charge on any atom is -0.356 e. The van der Waals surface area contributed by atoms with E-state index in [4.69, 9.17) is 0 Å². The number of amides is 1. The van der Waals surface area contributed by atoms with Crippen molar-refractivity contribution < 1.29 is 4.79 Å². The molecule has 7 heteroatoms. The first-order chi connectivity index (χ1) is 12.1. The number of carbonyl (C=O) groups is 1. The van der Waals surface area contributed by atoms with Crippen LogP contribution in [0.4, 0.5) is 0 Å². The number of aromatic nitrogens is 2. The van der Waals surface area contributed by atoms with Gasteiger partial charge in [0, 0.05) is 24.3 Å². The molecule has 0 saturated heterocycles. The van der Waals surface area contributed by atoms with E-state index < -0.39 is 0 Å². The third-order valence-electron chi connectivity index (χ3n) is 4.73. The van der Waals surface area contributed by atoms with E-state index in [1.807, 2.05) is 7.05 Å². The Kier molecular flexibility index (Phi) is 5.86. The maximum Gasteiger partial charge on any atom is 0.259 e. The zero-order valence-corrected chi connectivity index (χ0v) is 15.7. The van der Waals surface area contributed by atoms with E-state index in [0.29, 0.717) is 31.1 Å². The van der Waals surface area contributed by atoms with Crippen LogP contribution in [0.1, 0.15) is 42.5 Å². The molecule has 2 aromatic rings. The summed E-state index contributed by atoms with van der Waals surface area (Å²) in [6.45, 7) is 3.80. The van der Waals surface area contributed by atoms with Gasteiger partial charge in [-0.25, -0.2) is 4.98 Å². The molecule has 3 N–H and O–H groups in total. The molecular formula is C18H26N4O2S. The molecule has 0 saturated carbocycles. The van der Waals surface area contributed by atoms with E-state index in [2.05, 4.69) is 27.5 Å². The number of H-pyrrole nitrogens is 1. The van der Waals surface area contributed by atoms with Crippen molar-refractivity contribution in [2.45, 2.75) is 45.4 Å². The Bertz CT molecular complexity index is 811. The first-order valence-electron chi connectivity index (χ1n) is 9.03. The number of rotatable bonds is 7. The van der Waals surface area contributed by atoms with Crippen LogP contribution < -0.4 is 16.2 Å². The largest absolute Gasteiger partial charge is 0.356 e. The highest BCUT2D eigenvalue weighted by Gasteiger charge is 2.23. The summed E-state index contributed by atoms with van der Waals surface area (Å²) >= 11 is 1.65. The van der Waals surface area contributed by atoms with Gasteiger partial charge in [-0.3, -0.25) is 9.59 Å². The minimum absolute atomic E-state index is 0.00171. The standard InChI is InChI=1S/C18H26N4O2S/c1-11-4-5-12-13(10-11)25-18-16(12)17(24)21-14(22-18)6-7-15(23)20-9-3-8-19-2/h11,19H,3-10H2,1-2H3,(H,20,23)(H,21,22,24). The highest BCUT2D eigenvalue weighted by Crippen LogP contribution is 2.35. The summed E-state index contributed by atoms with van der Waals surface area (Å²) < 4.78 is 0. The summed E-state index contributed by atoms with van der Waals surface area (Å²) in [7, 11) is 1.89. The molecule has 1 atom stereocenters. The molecule has 0 fully saturated rings. The fraction of sp³-hybridized carbons (Fsp3) is 0.611. The Balaban J connectivity index is 1.67. The van der Waals surface area contributed by atoms with Crippen LogP contribution in [0.15, 0.2) is 4.79 Å². The number of carbonyl (C=O) groups excluding carboxylic acids is 1. The van der Waals surface area contributed by atoms with Crippen molar-refractivity contribution in [2.75, 3.05) is 20.1 Å². The first kappa shape index (κ1) is 18.1. The second-order valence-corrected chi connectivity index (χ2v) is 7.94. The van der Waals surface area contributed by atoms with Crippen molar-refractivity contribution >= 4 is 27.5 Å². The van der Waals surface area contributed by atoms with E-state index in [9.17, 15) is 9.59 Å². The monoisotopic (exact) mass is 362 g/mol. The normalized spacial score (nSPS) is 16.8. The molecule has 1 aliphatic carbocycles. The van der Waals surface area contributed by atoms with Crippen LogP contribution in [-0.4, -0.2) is 36.0 Å². The van der Waals surface area contributed by atoms with Gasteiger partial charge < -0.3 is 15.6 Å². The SMILES string of the molecule is CNCCCNC(=O)CCc1nc2sc3c(c2c(=O)[nH]1)CCC(C)C3. The smallest absolute Gasteiger partial charge is 0.259 e. The molecule has 3 rings (SSSR count). The van der Waals surface area contributed by atoms with Crippen LogP contribution >= 0.6 is 11.3 Å². The molecule has 6 nitrogen and oxygen atoms in total. The van der Waals surface area contributed by atoms with Gasteiger partial charge in [-0.1, -0.05) is 6.92 Å². The zero-order valence-electron chi connectivity index (χ0n) is 14.9. The Hall–Kier alpha value is -1.73. The number of nitrogens with one attached hydrogen (secondary N) is 3. The molecule has 0 aliphatic heterocycles. The van der Waals surface area contributed by atoms with Crippen LogP contribution in [-0.2, 0) is 24.1 Å². The maximum atomic E-state index is 12.5. The minimum atomic E-state index is -0.0542. The van der Waals surface area contributed by atoms with E-state index in [1.165, 1.54) is 10.4 Å². The van der Waals surface area contributed by atoms with E-state index in [1.54, 1.807) is 11.3 Å². The van der Waals surface area contributed by atoms with Crippen molar-refractivity contribution in [3.05, 3.63) is 26.6 Å². The highest BCUT2D eigenvalue weighted by molar-refractivity contribution is 7.18. The summed E-state index contributed by atoms with van der Waals surface area (Å²) in [5.41, 5.74) is 1.14. The van der Waals surface area contributed by atoms with Gasteiger partial charge in [-0.15, -0.1) is 11.3 Å². The lowest BCUT2D eigenvalue weighted by Gasteiger charge is -2.17. The number of aryl methyl sites for hydroxylation is 2. The Morgan fingerprint density at radius 3 is 3.04 bits per heavy atom. The molecular weight excluding hydrogens is 336 g/mol. The molecule has 2 aromatic heterocycles. The van der Waals surface area contributed by atoms with Crippen LogP contribution in [0.3, 0.4) is 0 Å². The number of thiophene rings is 1. The molecule has 0 spiro atoms. The fourth-order valence-electron chi connectivity index (χ4n) is 3.33. The first-order valence-corrected chi connectivity index (χ1v) is 9.85. The molecule has 1 unspecified atom stereocenters. The number of hydrogen-bond donors (Lipinski definition) is 3. The van der Waals surface area contributed by atoms with Gasteiger partial charge in [-0.05, 0) is 50.8 Å². The molecule has 0 bridgehead atoms. The van der Waals surface area contributed by atoms with Crippen LogP contribution in [0, 0.1) is 5.92 Å². The lowest BCUT2D eigenvalue weighted by atomic mass is 9.89. The summed E-state index contributed by atoms with van der Waals surface area (Å²) in [6.07, 6.45) is 4.85. The quantitative estimate of drug-likeness (QED) is 0.655. The summed E-state index contributed by atoms with van der Waals surface area (Å²) in [5.74, 6) is 1.28. The van der Waals surface area contributed by atoms with Gasteiger partial charge in [0.25, 0.3) is 5.56 Å². The van der Waals surface area contributed by atoms with E-state index >= 15 is 0 Å². The van der Waals surface area contributed by atoms with Gasteiger partial charge in [0.15, 0.2) is 0 Å². The summed E-state index contributed by atoms with van der Waals surface area (Å²) in [5, 5.41) is 6.70. The zero-order chi connectivity index (χ0) is 17.8. The molecule has 0 radical (unpaired) electrons. The molecule has 0 aromatic carbocycles. The predicted octanol–water partition coefficient (Wildman–Crippen LogP) is 1.77. The van der Waals surface area contributed by atoms with Crippen molar-refractivity contribution in [3.8, 4) is 0 Å². The predicted molar refractivity (Wildman–Crippen MR) is 101 cm³/mol. The lowest BCUT2D eigenvalue weighted by molar-refractivity contribution is -0.121. The average Bonchev–Trinajstić information content (AvgIpc) is 2.94. The van der Waals surface area contributed by atoms with Crippen LogP contribution in [0.25, 0.3) is 10.2 Å². The van der Waals surface area contributed by atoms with Crippen molar-refractivity contribution in [3.63, 3.8) is 0 Å². The molecule has 25 heavy (non-hydrogen) atoms. The maximum absolute atomic E-state index is 12.5. The van der Waals surface area contributed by atoms with Crippen molar-refractivity contribution in [2.24, 2.45) is 5.92 Å². The fourth-order valence-corrected chi connectivity index (χ4v) is 4.73. The van der Waals surface area contributed by atoms with Crippen molar-refractivity contribution in [1.29, 1.82) is 0 Å². The van der Waals surface area contributed by atoms with Crippen molar-refractivity contribution in [1.82, 2.24) is 20.6 Å². The van der Waals surface area contributed by atoms with Gasteiger partial charge in [-0.2, -0.15) is 0 Å². The van der Waals surface area contributed by atoms with E-state index in [-0.39, 0.29) is 11.5 Å². The number of aromatic amines is 1. The Morgan fingerprint density at radius 1 is 1.40 bits per heavy atom. The molecule has 1 amide bonds. The lowest BCUT2D eigenvalue weighted by Crippen LogP contribution is -2.27. The topological polar surface area (TPSA) is 86.9 Å². The van der Waals surface area contributed by atoms with Gasteiger partial charge in [0.05, 0.1) is 5.39 Å². The molecule has 1 aliphatic rings. The molecule has 136 valence electrons. The Morgan fingerprint density at radius 2 is 2.24 bits per heavy atom. The summed E-state index contributed by atoms with van der Waals surface area (Å²) in [4.78, 5) is 34.0. The van der Waals surface area contributed by atoms with E-state index in [0.717, 1.165) is 42.4 Å². The Labute approximate surface area is 151 Å². The second-order valence-electron chi connectivity index (χ2n) is 6.85. The van der Waals surface area contributed by atoms with Gasteiger partial charge >= 0.3 is 0 Å². The third-order valence-corrected chi connectivity index (χ3v) is 5.88. The number of nitrogens with zero attached hydrogens (tertiary/aromatic N) is 1. The summed E-state index contributed by atoms with van der Waals surface area (Å²) in [6, 6.07) is 0.